The van der Waals surface area contributed by atoms with Crippen LogP contribution in [-0.2, 0) is 4.79 Å². The smallest absolute Gasteiger partial charge is 0.267 e. The summed E-state index contributed by atoms with van der Waals surface area (Å²) >= 11 is 0. The molecule has 0 aliphatic carbocycles. The Morgan fingerprint density at radius 2 is 2.27 bits per heavy atom. The van der Waals surface area contributed by atoms with Crippen molar-refractivity contribution < 1.29 is 13.6 Å². The van der Waals surface area contributed by atoms with Crippen LogP contribution in [-0.4, -0.2) is 36.4 Å². The van der Waals surface area contributed by atoms with Gasteiger partial charge < -0.3 is 10.6 Å². The van der Waals surface area contributed by atoms with Crippen LogP contribution in [0.5, 0.6) is 0 Å². The first-order valence-corrected chi connectivity index (χ1v) is 3.41. The second-order valence-electron chi connectivity index (χ2n) is 2.63. The standard InChI is InChI=1S/C6H10F2N2O/c7-6(8)1-2-10(4-6)5(11)3-9/h1-4,9H2. The van der Waals surface area contributed by atoms with Crippen LogP contribution < -0.4 is 5.73 Å². The van der Waals surface area contributed by atoms with Crippen molar-refractivity contribution in [2.75, 3.05) is 19.6 Å². The molecule has 0 unspecified atom stereocenters. The lowest BCUT2D eigenvalue weighted by atomic mass is 10.3. The topological polar surface area (TPSA) is 46.3 Å². The fraction of sp³-hybridized carbons (Fsp3) is 0.833. The molecule has 0 spiro atoms. The predicted octanol–water partition coefficient (Wildman–Crippen LogP) is -0.187. The molecule has 1 aliphatic heterocycles. The van der Waals surface area contributed by atoms with Gasteiger partial charge in [0.15, 0.2) is 0 Å². The Bertz CT molecular complexity index is 172. The minimum absolute atomic E-state index is 0.128. The van der Waals surface area contributed by atoms with Crippen molar-refractivity contribution in [3.8, 4) is 0 Å². The number of carbonyl (C=O) groups excluding carboxylic acids is 1. The van der Waals surface area contributed by atoms with Gasteiger partial charge >= 0.3 is 0 Å². The van der Waals surface area contributed by atoms with E-state index in [9.17, 15) is 13.6 Å². The van der Waals surface area contributed by atoms with Gasteiger partial charge in [-0.2, -0.15) is 0 Å². The lowest BCUT2D eigenvalue weighted by Crippen LogP contribution is -2.35. The van der Waals surface area contributed by atoms with Gasteiger partial charge in [-0.05, 0) is 0 Å². The van der Waals surface area contributed by atoms with Gasteiger partial charge in [0.2, 0.25) is 5.91 Å². The summed E-state index contributed by atoms with van der Waals surface area (Å²) in [5.41, 5.74) is 5.00. The van der Waals surface area contributed by atoms with Crippen LogP contribution in [0.15, 0.2) is 0 Å². The van der Waals surface area contributed by atoms with E-state index in [1.165, 1.54) is 0 Å². The van der Waals surface area contributed by atoms with E-state index in [4.69, 9.17) is 5.73 Å². The van der Waals surface area contributed by atoms with Crippen molar-refractivity contribution in [2.24, 2.45) is 5.73 Å². The molecule has 5 heteroatoms. The summed E-state index contributed by atoms with van der Waals surface area (Å²) in [4.78, 5) is 11.9. The molecule has 64 valence electrons. The summed E-state index contributed by atoms with van der Waals surface area (Å²) in [6, 6.07) is 0. The number of carbonyl (C=O) groups is 1. The van der Waals surface area contributed by atoms with Crippen molar-refractivity contribution in [3.05, 3.63) is 0 Å². The third kappa shape index (κ3) is 1.86. The first kappa shape index (κ1) is 8.39. The van der Waals surface area contributed by atoms with Crippen molar-refractivity contribution in [2.45, 2.75) is 12.3 Å². The fourth-order valence-electron chi connectivity index (χ4n) is 1.08. The molecule has 0 aromatic carbocycles. The van der Waals surface area contributed by atoms with Gasteiger partial charge in [-0.15, -0.1) is 0 Å². The second kappa shape index (κ2) is 2.73. The van der Waals surface area contributed by atoms with E-state index in [0.717, 1.165) is 4.90 Å². The summed E-state index contributed by atoms with van der Waals surface area (Å²) in [6.45, 7) is -0.526. The van der Waals surface area contributed by atoms with Crippen molar-refractivity contribution >= 4 is 5.91 Å². The molecule has 0 saturated carbocycles. The van der Waals surface area contributed by atoms with E-state index in [2.05, 4.69) is 0 Å². The zero-order chi connectivity index (χ0) is 8.48. The number of nitrogens with zero attached hydrogens (tertiary/aromatic N) is 1. The average molecular weight is 164 g/mol. The van der Waals surface area contributed by atoms with Gasteiger partial charge in [0.1, 0.15) is 0 Å². The van der Waals surface area contributed by atoms with Crippen LogP contribution >= 0.6 is 0 Å². The minimum atomic E-state index is -2.70. The van der Waals surface area contributed by atoms with Crippen LogP contribution in [0.3, 0.4) is 0 Å². The van der Waals surface area contributed by atoms with E-state index in [0.29, 0.717) is 0 Å². The van der Waals surface area contributed by atoms with Gasteiger partial charge in [0.05, 0.1) is 13.1 Å². The molecule has 1 fully saturated rings. The Hall–Kier alpha value is -0.710. The highest BCUT2D eigenvalue weighted by molar-refractivity contribution is 5.78. The molecular formula is C6H10F2N2O. The molecule has 1 saturated heterocycles. The number of alkyl halides is 2. The van der Waals surface area contributed by atoms with Gasteiger partial charge in [0, 0.05) is 13.0 Å². The molecule has 1 aliphatic rings. The lowest BCUT2D eigenvalue weighted by molar-refractivity contribution is -0.130. The molecule has 0 atom stereocenters. The third-order valence-electron chi connectivity index (χ3n) is 1.70. The van der Waals surface area contributed by atoms with E-state index < -0.39 is 18.4 Å². The highest BCUT2D eigenvalue weighted by Gasteiger charge is 2.39. The Labute approximate surface area is 63.2 Å². The Balaban J connectivity index is 2.48. The molecule has 3 nitrogen and oxygen atoms in total. The number of halogens is 2. The molecular weight excluding hydrogens is 154 g/mol. The second-order valence-corrected chi connectivity index (χ2v) is 2.63. The zero-order valence-corrected chi connectivity index (χ0v) is 6.02. The quantitative estimate of drug-likeness (QED) is 0.584. The van der Waals surface area contributed by atoms with Crippen molar-refractivity contribution in [3.63, 3.8) is 0 Å². The molecule has 0 radical (unpaired) electrons. The van der Waals surface area contributed by atoms with E-state index in [1.807, 2.05) is 0 Å². The molecule has 1 amide bonds. The van der Waals surface area contributed by atoms with Crippen LogP contribution in [0.25, 0.3) is 0 Å². The van der Waals surface area contributed by atoms with Crippen LogP contribution in [0, 0.1) is 0 Å². The Kier molecular flexibility index (Phi) is 2.08. The maximum Gasteiger partial charge on any atom is 0.267 e. The first-order chi connectivity index (χ1) is 5.05. The van der Waals surface area contributed by atoms with Gasteiger partial charge in [-0.3, -0.25) is 4.79 Å². The molecule has 0 aromatic rings. The molecule has 1 rings (SSSR count). The van der Waals surface area contributed by atoms with Crippen molar-refractivity contribution in [1.29, 1.82) is 0 Å². The van der Waals surface area contributed by atoms with E-state index in [1.54, 1.807) is 0 Å². The lowest BCUT2D eigenvalue weighted by Gasteiger charge is -2.14. The number of rotatable bonds is 1. The summed E-state index contributed by atoms with van der Waals surface area (Å²) in [6.07, 6.45) is -0.237. The molecule has 0 aromatic heterocycles. The SMILES string of the molecule is NCC(=O)N1CCC(F)(F)C1. The van der Waals surface area contributed by atoms with Gasteiger partial charge in [-0.25, -0.2) is 8.78 Å². The molecule has 1 heterocycles. The van der Waals surface area contributed by atoms with Crippen LogP contribution in [0.4, 0.5) is 8.78 Å². The van der Waals surface area contributed by atoms with Crippen LogP contribution in [0.1, 0.15) is 6.42 Å². The number of amides is 1. The summed E-state index contributed by atoms with van der Waals surface area (Å²) < 4.78 is 24.9. The monoisotopic (exact) mass is 164 g/mol. The maximum atomic E-state index is 12.5. The fourth-order valence-corrected chi connectivity index (χ4v) is 1.08. The van der Waals surface area contributed by atoms with E-state index in [-0.39, 0.29) is 19.5 Å². The Morgan fingerprint density at radius 1 is 1.64 bits per heavy atom. The number of likely N-dealkylation sites (tertiary alicyclic amines) is 1. The summed E-state index contributed by atoms with van der Waals surface area (Å²) in [5, 5.41) is 0. The average Bonchev–Trinajstić information content (AvgIpc) is 2.29. The maximum absolute atomic E-state index is 12.5. The molecule has 0 bridgehead atoms. The first-order valence-electron chi connectivity index (χ1n) is 3.41. The van der Waals surface area contributed by atoms with E-state index >= 15 is 0 Å². The molecule has 11 heavy (non-hydrogen) atoms. The number of nitrogens with two attached hydrogens (primary N) is 1. The van der Waals surface area contributed by atoms with Crippen LogP contribution in [0.2, 0.25) is 0 Å². The zero-order valence-electron chi connectivity index (χ0n) is 6.02. The normalized spacial score (nSPS) is 22.3. The Morgan fingerprint density at radius 3 is 2.64 bits per heavy atom. The summed E-state index contributed by atoms with van der Waals surface area (Å²) in [7, 11) is 0. The highest BCUT2D eigenvalue weighted by Crippen LogP contribution is 2.26. The highest BCUT2D eigenvalue weighted by atomic mass is 19.3. The predicted molar refractivity (Wildman–Crippen MR) is 35.2 cm³/mol. The van der Waals surface area contributed by atoms with Gasteiger partial charge in [-0.1, -0.05) is 0 Å². The minimum Gasteiger partial charge on any atom is -0.335 e. The van der Waals surface area contributed by atoms with Gasteiger partial charge in [0.25, 0.3) is 5.92 Å². The number of hydrogen-bond donors (Lipinski definition) is 1. The molecule has 2 N–H and O–H groups in total. The largest absolute Gasteiger partial charge is 0.335 e. The third-order valence-corrected chi connectivity index (χ3v) is 1.70. The summed E-state index contributed by atoms with van der Waals surface area (Å²) in [5.74, 6) is -3.10. The number of hydrogen-bond acceptors (Lipinski definition) is 2. The van der Waals surface area contributed by atoms with Crippen molar-refractivity contribution in [1.82, 2.24) is 4.90 Å².